The summed E-state index contributed by atoms with van der Waals surface area (Å²) in [6.45, 7) is 8.86. The Bertz CT molecular complexity index is 560. The van der Waals surface area contributed by atoms with E-state index in [9.17, 15) is 5.26 Å². The zero-order valence-corrected chi connectivity index (χ0v) is 13.7. The molecule has 0 aliphatic carbocycles. The first-order chi connectivity index (χ1) is 9.66. The predicted molar refractivity (Wildman–Crippen MR) is 84.3 cm³/mol. The van der Waals surface area contributed by atoms with Crippen LogP contribution < -0.4 is 5.46 Å². The normalized spacial score (nSPS) is 19.8. The van der Waals surface area contributed by atoms with Crippen LogP contribution in [0.2, 0.25) is 0 Å². The van der Waals surface area contributed by atoms with Gasteiger partial charge in [0.15, 0.2) is 0 Å². The van der Waals surface area contributed by atoms with Crippen molar-refractivity contribution in [3.63, 3.8) is 0 Å². The molecule has 2 rings (SSSR count). The van der Waals surface area contributed by atoms with Crippen LogP contribution >= 0.6 is 0 Å². The lowest BCUT2D eigenvalue weighted by molar-refractivity contribution is 0.00578. The van der Waals surface area contributed by atoms with E-state index in [2.05, 4.69) is 11.0 Å². The first-order valence-electron chi connectivity index (χ1n) is 7.19. The van der Waals surface area contributed by atoms with Crippen LogP contribution in [0.15, 0.2) is 18.2 Å². The Morgan fingerprint density at radius 2 is 1.71 bits per heavy atom. The Hall–Kier alpha value is -1.35. The average Bonchev–Trinajstić information content (AvgIpc) is 2.57. The Morgan fingerprint density at radius 1 is 1.14 bits per heavy atom. The maximum Gasteiger partial charge on any atom is 0.496 e. The fourth-order valence-corrected chi connectivity index (χ4v) is 2.34. The van der Waals surface area contributed by atoms with Crippen LogP contribution in [-0.4, -0.2) is 37.3 Å². The van der Waals surface area contributed by atoms with E-state index in [0.29, 0.717) is 5.56 Å². The first-order valence-corrected chi connectivity index (χ1v) is 7.19. The molecule has 1 saturated heterocycles. The van der Waals surface area contributed by atoms with E-state index >= 15 is 0 Å². The summed E-state index contributed by atoms with van der Waals surface area (Å²) in [5.41, 5.74) is 1.74. The van der Waals surface area contributed by atoms with Gasteiger partial charge in [-0.15, -0.1) is 0 Å². The van der Waals surface area contributed by atoms with Crippen LogP contribution in [0, 0.1) is 11.3 Å². The molecule has 1 aromatic carbocycles. The summed E-state index contributed by atoms with van der Waals surface area (Å²) in [5.74, 6) is 0. The van der Waals surface area contributed by atoms with Crippen molar-refractivity contribution in [3.05, 3.63) is 29.3 Å². The van der Waals surface area contributed by atoms with Gasteiger partial charge < -0.3 is 14.2 Å². The van der Waals surface area contributed by atoms with Crippen LogP contribution in [0.5, 0.6) is 0 Å². The van der Waals surface area contributed by atoms with Crippen molar-refractivity contribution in [3.8, 4) is 6.07 Å². The van der Waals surface area contributed by atoms with E-state index in [-0.39, 0.29) is 0 Å². The number of nitrogens with zero attached hydrogens (tertiary/aromatic N) is 2. The van der Waals surface area contributed by atoms with E-state index in [0.717, 1.165) is 17.6 Å². The summed E-state index contributed by atoms with van der Waals surface area (Å²) in [6.07, 6.45) is 0. The summed E-state index contributed by atoms with van der Waals surface area (Å²) >= 11 is 0. The smallest absolute Gasteiger partial charge is 0.399 e. The van der Waals surface area contributed by atoms with Crippen LogP contribution in [0.3, 0.4) is 0 Å². The van der Waals surface area contributed by atoms with Gasteiger partial charge in [0.05, 0.1) is 22.8 Å². The molecule has 1 heterocycles. The molecule has 5 heteroatoms. The van der Waals surface area contributed by atoms with Crippen molar-refractivity contribution in [1.29, 1.82) is 5.26 Å². The van der Waals surface area contributed by atoms with Gasteiger partial charge >= 0.3 is 7.12 Å². The Labute approximate surface area is 127 Å². The van der Waals surface area contributed by atoms with Crippen LogP contribution in [0.4, 0.5) is 0 Å². The summed E-state index contributed by atoms with van der Waals surface area (Å²) in [6, 6.07) is 8.15. The zero-order valence-electron chi connectivity index (χ0n) is 13.7. The highest BCUT2D eigenvalue weighted by Crippen LogP contribution is 2.36. The summed E-state index contributed by atoms with van der Waals surface area (Å²) < 4.78 is 12.1. The molecule has 1 aliphatic heterocycles. The molecule has 0 spiro atoms. The highest BCUT2D eigenvalue weighted by atomic mass is 16.7. The lowest BCUT2D eigenvalue weighted by Crippen LogP contribution is -2.41. The molecule has 4 nitrogen and oxygen atoms in total. The maximum atomic E-state index is 9.42. The maximum absolute atomic E-state index is 9.42. The molecule has 1 aliphatic rings. The second kappa shape index (κ2) is 5.45. The van der Waals surface area contributed by atoms with E-state index in [1.165, 1.54) is 0 Å². The fraction of sp³-hybridized carbons (Fsp3) is 0.562. The van der Waals surface area contributed by atoms with Crippen molar-refractivity contribution < 1.29 is 9.31 Å². The third-order valence-electron chi connectivity index (χ3n) is 4.24. The summed E-state index contributed by atoms with van der Waals surface area (Å²) in [4.78, 5) is 2.07. The Balaban J connectivity index is 2.32. The average molecular weight is 286 g/mol. The summed E-state index contributed by atoms with van der Waals surface area (Å²) in [5, 5.41) is 9.42. The SMILES string of the molecule is CN(C)Cc1ccc(B2OC(C)(C)C(C)(C)O2)c(C#N)c1. The minimum Gasteiger partial charge on any atom is -0.399 e. The van der Waals surface area contributed by atoms with Crippen molar-refractivity contribution in [2.45, 2.75) is 45.4 Å². The highest BCUT2D eigenvalue weighted by molar-refractivity contribution is 6.62. The number of rotatable bonds is 3. The molecule has 0 atom stereocenters. The largest absolute Gasteiger partial charge is 0.496 e. The molecule has 112 valence electrons. The van der Waals surface area contributed by atoms with Gasteiger partial charge in [-0.3, -0.25) is 0 Å². The number of nitriles is 1. The third-order valence-corrected chi connectivity index (χ3v) is 4.24. The second-order valence-electron chi connectivity index (χ2n) is 6.86. The van der Waals surface area contributed by atoms with E-state index < -0.39 is 18.3 Å². The van der Waals surface area contributed by atoms with Crippen LogP contribution in [-0.2, 0) is 15.9 Å². The van der Waals surface area contributed by atoms with Gasteiger partial charge in [0.1, 0.15) is 0 Å². The molecule has 1 aromatic rings. The molecular formula is C16H23BN2O2. The van der Waals surface area contributed by atoms with Gasteiger partial charge in [-0.25, -0.2) is 0 Å². The molecule has 0 unspecified atom stereocenters. The van der Waals surface area contributed by atoms with Crippen LogP contribution in [0.1, 0.15) is 38.8 Å². The fourth-order valence-electron chi connectivity index (χ4n) is 2.34. The van der Waals surface area contributed by atoms with Gasteiger partial charge in [0.25, 0.3) is 0 Å². The molecule has 0 bridgehead atoms. The number of hydrogen-bond donors (Lipinski definition) is 0. The monoisotopic (exact) mass is 286 g/mol. The van der Waals surface area contributed by atoms with E-state index in [1.807, 2.05) is 60.0 Å². The van der Waals surface area contributed by atoms with Crippen molar-refractivity contribution in [2.75, 3.05) is 14.1 Å². The minimum absolute atomic E-state index is 0.396. The highest BCUT2D eigenvalue weighted by Gasteiger charge is 2.52. The van der Waals surface area contributed by atoms with E-state index in [4.69, 9.17) is 9.31 Å². The molecular weight excluding hydrogens is 263 g/mol. The van der Waals surface area contributed by atoms with Gasteiger partial charge in [-0.05, 0) is 53.4 Å². The lowest BCUT2D eigenvalue weighted by Gasteiger charge is -2.32. The molecule has 0 N–H and O–H groups in total. The topological polar surface area (TPSA) is 45.5 Å². The molecule has 0 aromatic heterocycles. The quantitative estimate of drug-likeness (QED) is 0.796. The summed E-state index contributed by atoms with van der Waals surface area (Å²) in [7, 11) is 3.53. The molecule has 1 fully saturated rings. The Morgan fingerprint density at radius 3 is 2.19 bits per heavy atom. The standard InChI is InChI=1S/C16H23BN2O2/c1-15(2)16(3,4)21-17(20-15)14-8-7-12(11-19(5)6)9-13(14)10-18/h7-9H,11H2,1-6H3. The molecule has 21 heavy (non-hydrogen) atoms. The first kappa shape index (κ1) is 16.0. The van der Waals surface area contributed by atoms with Gasteiger partial charge in [0.2, 0.25) is 0 Å². The third kappa shape index (κ3) is 3.13. The number of benzene rings is 1. The second-order valence-corrected chi connectivity index (χ2v) is 6.86. The van der Waals surface area contributed by atoms with Crippen molar-refractivity contribution >= 4 is 12.6 Å². The molecule has 0 amide bonds. The van der Waals surface area contributed by atoms with Crippen molar-refractivity contribution in [1.82, 2.24) is 4.90 Å². The lowest BCUT2D eigenvalue weighted by atomic mass is 9.75. The Kier molecular flexibility index (Phi) is 4.16. The van der Waals surface area contributed by atoms with Gasteiger partial charge in [-0.2, -0.15) is 5.26 Å². The molecule has 0 radical (unpaired) electrons. The van der Waals surface area contributed by atoms with Crippen LogP contribution in [0.25, 0.3) is 0 Å². The zero-order chi connectivity index (χ0) is 15.8. The molecule has 0 saturated carbocycles. The number of hydrogen-bond acceptors (Lipinski definition) is 4. The van der Waals surface area contributed by atoms with Crippen molar-refractivity contribution in [2.24, 2.45) is 0 Å². The van der Waals surface area contributed by atoms with Gasteiger partial charge in [0, 0.05) is 12.0 Å². The minimum atomic E-state index is -0.488. The predicted octanol–water partition coefficient (Wildman–Crippen LogP) is 1.92. The van der Waals surface area contributed by atoms with E-state index in [1.54, 1.807) is 0 Å². The van der Waals surface area contributed by atoms with Gasteiger partial charge in [-0.1, -0.05) is 12.1 Å².